The first-order valence-electron chi connectivity index (χ1n) is 8.10. The number of aromatic hydroxyl groups is 1. The molecule has 0 aromatic heterocycles. The number of nitro benzene ring substituents is 1. The van der Waals surface area contributed by atoms with Crippen molar-refractivity contribution in [1.82, 2.24) is 10.7 Å². The molecular weight excluding hydrogens is 352 g/mol. The van der Waals surface area contributed by atoms with Crippen molar-refractivity contribution in [1.29, 1.82) is 0 Å². The van der Waals surface area contributed by atoms with Crippen LogP contribution in [0.15, 0.2) is 53.6 Å². The van der Waals surface area contributed by atoms with Crippen LogP contribution in [0.25, 0.3) is 0 Å². The predicted octanol–water partition coefficient (Wildman–Crippen LogP) is 1.28. The van der Waals surface area contributed by atoms with E-state index < -0.39 is 22.7 Å². The Labute approximate surface area is 153 Å². The van der Waals surface area contributed by atoms with Gasteiger partial charge >= 0.3 is 0 Å². The Morgan fingerprint density at radius 1 is 1.30 bits per heavy atom. The van der Waals surface area contributed by atoms with Crippen molar-refractivity contribution in [3.05, 3.63) is 69.8 Å². The summed E-state index contributed by atoms with van der Waals surface area (Å²) in [6, 6.07) is 12.6. The fraction of sp³-hybridized carbons (Fsp3) is 0.167. The lowest BCUT2D eigenvalue weighted by molar-refractivity contribution is -0.385. The minimum atomic E-state index is -0.955. The van der Waals surface area contributed by atoms with Gasteiger partial charge in [0.2, 0.25) is 5.91 Å². The SMILES string of the molecule is O=C1NCC(c2ccccc2)C1C(=O)N/N=C\c1cc(O)ccc1[N+](=O)[O-]. The molecule has 9 nitrogen and oxygen atoms in total. The highest BCUT2D eigenvalue weighted by molar-refractivity contribution is 6.03. The normalized spacial score (nSPS) is 19.0. The molecule has 0 radical (unpaired) electrons. The zero-order chi connectivity index (χ0) is 19.4. The van der Waals surface area contributed by atoms with Crippen LogP contribution in [0.5, 0.6) is 5.75 Å². The Balaban J connectivity index is 1.75. The van der Waals surface area contributed by atoms with Gasteiger partial charge in [-0.15, -0.1) is 0 Å². The van der Waals surface area contributed by atoms with E-state index >= 15 is 0 Å². The van der Waals surface area contributed by atoms with E-state index in [4.69, 9.17) is 0 Å². The highest BCUT2D eigenvalue weighted by atomic mass is 16.6. The van der Waals surface area contributed by atoms with Gasteiger partial charge in [-0.25, -0.2) is 5.43 Å². The van der Waals surface area contributed by atoms with Gasteiger partial charge in [0, 0.05) is 18.5 Å². The summed E-state index contributed by atoms with van der Waals surface area (Å²) in [5.74, 6) is -2.47. The zero-order valence-electron chi connectivity index (χ0n) is 14.0. The van der Waals surface area contributed by atoms with E-state index in [1.807, 2.05) is 30.3 Å². The van der Waals surface area contributed by atoms with Gasteiger partial charge < -0.3 is 10.4 Å². The number of hydrogen-bond acceptors (Lipinski definition) is 6. The number of benzene rings is 2. The Morgan fingerprint density at radius 3 is 2.74 bits per heavy atom. The molecule has 0 aliphatic carbocycles. The lowest BCUT2D eigenvalue weighted by atomic mass is 9.88. The fourth-order valence-corrected chi connectivity index (χ4v) is 2.98. The molecule has 138 valence electrons. The fourth-order valence-electron chi connectivity index (χ4n) is 2.98. The van der Waals surface area contributed by atoms with Gasteiger partial charge in [0.1, 0.15) is 11.7 Å². The molecule has 2 unspecified atom stereocenters. The first-order chi connectivity index (χ1) is 13.0. The molecule has 2 aromatic carbocycles. The van der Waals surface area contributed by atoms with Crippen molar-refractivity contribution in [3.63, 3.8) is 0 Å². The average molecular weight is 368 g/mol. The molecule has 2 amide bonds. The van der Waals surface area contributed by atoms with E-state index in [1.54, 1.807) is 0 Å². The summed E-state index contributed by atoms with van der Waals surface area (Å²) in [6.45, 7) is 0.336. The van der Waals surface area contributed by atoms with E-state index in [1.165, 1.54) is 6.07 Å². The van der Waals surface area contributed by atoms with E-state index in [0.717, 1.165) is 23.9 Å². The number of nitrogens with one attached hydrogen (secondary N) is 2. The maximum Gasteiger partial charge on any atom is 0.278 e. The molecular formula is C18H16N4O5. The zero-order valence-corrected chi connectivity index (χ0v) is 14.0. The van der Waals surface area contributed by atoms with Gasteiger partial charge in [-0.2, -0.15) is 5.10 Å². The van der Waals surface area contributed by atoms with E-state index in [2.05, 4.69) is 15.8 Å². The monoisotopic (exact) mass is 368 g/mol. The highest BCUT2D eigenvalue weighted by Crippen LogP contribution is 2.29. The first kappa shape index (κ1) is 18.1. The third kappa shape index (κ3) is 3.92. The maximum absolute atomic E-state index is 12.4. The lowest BCUT2D eigenvalue weighted by Crippen LogP contribution is -2.34. The number of nitro groups is 1. The molecule has 3 rings (SSSR count). The molecule has 1 heterocycles. The Kier molecular flexibility index (Phi) is 5.11. The minimum absolute atomic E-state index is 0.0239. The number of amides is 2. The van der Waals surface area contributed by atoms with Gasteiger partial charge in [-0.3, -0.25) is 19.7 Å². The highest BCUT2D eigenvalue weighted by Gasteiger charge is 2.40. The molecule has 3 N–H and O–H groups in total. The number of carbonyl (C=O) groups is 2. The number of phenolic OH excluding ortho intramolecular Hbond substituents is 1. The van der Waals surface area contributed by atoms with Crippen molar-refractivity contribution in [2.45, 2.75) is 5.92 Å². The van der Waals surface area contributed by atoms with Crippen LogP contribution in [0.3, 0.4) is 0 Å². The van der Waals surface area contributed by atoms with Crippen LogP contribution in [-0.2, 0) is 9.59 Å². The number of hydrogen-bond donors (Lipinski definition) is 3. The number of phenols is 1. The maximum atomic E-state index is 12.4. The number of rotatable bonds is 5. The number of carbonyl (C=O) groups excluding carboxylic acids is 2. The number of nitrogens with zero attached hydrogens (tertiary/aromatic N) is 2. The van der Waals surface area contributed by atoms with E-state index in [-0.39, 0.29) is 22.9 Å². The molecule has 0 spiro atoms. The predicted molar refractivity (Wildman–Crippen MR) is 96.2 cm³/mol. The lowest BCUT2D eigenvalue weighted by Gasteiger charge is -2.15. The molecule has 1 saturated heterocycles. The molecule has 9 heteroatoms. The summed E-state index contributed by atoms with van der Waals surface area (Å²) in [4.78, 5) is 34.9. The summed E-state index contributed by atoms with van der Waals surface area (Å²) < 4.78 is 0. The minimum Gasteiger partial charge on any atom is -0.508 e. The van der Waals surface area contributed by atoms with Crippen molar-refractivity contribution in [2.75, 3.05) is 6.54 Å². The molecule has 27 heavy (non-hydrogen) atoms. The van der Waals surface area contributed by atoms with Gasteiger partial charge in [0.25, 0.3) is 11.6 Å². The second-order valence-corrected chi connectivity index (χ2v) is 5.97. The molecule has 1 fully saturated rings. The molecule has 2 atom stereocenters. The van der Waals surface area contributed by atoms with Crippen LogP contribution < -0.4 is 10.7 Å². The van der Waals surface area contributed by atoms with Crippen LogP contribution in [-0.4, -0.2) is 34.6 Å². The second kappa shape index (κ2) is 7.65. The van der Waals surface area contributed by atoms with Crippen molar-refractivity contribution >= 4 is 23.7 Å². The first-order valence-corrected chi connectivity index (χ1v) is 8.10. The summed E-state index contributed by atoms with van der Waals surface area (Å²) >= 11 is 0. The van der Waals surface area contributed by atoms with Crippen LogP contribution >= 0.6 is 0 Å². The van der Waals surface area contributed by atoms with E-state index in [9.17, 15) is 24.8 Å². The average Bonchev–Trinajstić information content (AvgIpc) is 3.04. The van der Waals surface area contributed by atoms with Crippen molar-refractivity contribution in [3.8, 4) is 5.75 Å². The molecule has 0 saturated carbocycles. The van der Waals surface area contributed by atoms with Crippen LogP contribution in [0, 0.1) is 16.0 Å². The molecule has 0 bridgehead atoms. The van der Waals surface area contributed by atoms with Gasteiger partial charge in [0.05, 0.1) is 16.7 Å². The number of hydrazone groups is 1. The summed E-state index contributed by atoms with van der Waals surface area (Å²) in [5, 5.41) is 26.9. The van der Waals surface area contributed by atoms with Crippen molar-refractivity contribution in [2.24, 2.45) is 11.0 Å². The Bertz CT molecular complexity index is 913. The largest absolute Gasteiger partial charge is 0.508 e. The molecule has 1 aliphatic rings. The van der Waals surface area contributed by atoms with Crippen LogP contribution in [0.2, 0.25) is 0 Å². The summed E-state index contributed by atoms with van der Waals surface area (Å²) in [7, 11) is 0. The third-order valence-electron chi connectivity index (χ3n) is 4.28. The second-order valence-electron chi connectivity index (χ2n) is 5.97. The quantitative estimate of drug-likeness (QED) is 0.316. The van der Waals surface area contributed by atoms with Crippen LogP contribution in [0.1, 0.15) is 17.0 Å². The molecule has 1 aliphatic heterocycles. The molecule has 2 aromatic rings. The summed E-state index contributed by atoms with van der Waals surface area (Å²) in [6.07, 6.45) is 1.06. The van der Waals surface area contributed by atoms with Gasteiger partial charge in [-0.1, -0.05) is 30.3 Å². The Morgan fingerprint density at radius 2 is 2.04 bits per heavy atom. The standard InChI is InChI=1S/C18H16N4O5/c23-13-6-7-15(22(26)27)12(8-13)9-20-21-18(25)16-14(10-19-17(16)24)11-4-2-1-3-5-11/h1-9,14,16,23H,10H2,(H,19,24)(H,21,25)/b20-9-. The van der Waals surface area contributed by atoms with Crippen molar-refractivity contribution < 1.29 is 19.6 Å². The Hall–Kier alpha value is -3.75. The summed E-state index contributed by atoms with van der Waals surface area (Å²) in [5.41, 5.74) is 2.86. The van der Waals surface area contributed by atoms with E-state index in [0.29, 0.717) is 6.54 Å². The van der Waals surface area contributed by atoms with Gasteiger partial charge in [-0.05, 0) is 17.7 Å². The topological polar surface area (TPSA) is 134 Å². The van der Waals surface area contributed by atoms with Gasteiger partial charge in [0.15, 0.2) is 0 Å². The third-order valence-corrected chi connectivity index (χ3v) is 4.28. The van der Waals surface area contributed by atoms with Crippen LogP contribution in [0.4, 0.5) is 5.69 Å². The smallest absolute Gasteiger partial charge is 0.278 e.